The minimum atomic E-state index is -0.529. The van der Waals surface area contributed by atoms with Crippen molar-refractivity contribution < 1.29 is 9.47 Å². The summed E-state index contributed by atoms with van der Waals surface area (Å²) in [5.74, 6) is 0.783. The number of benzene rings is 3. The van der Waals surface area contributed by atoms with Gasteiger partial charge in [-0.1, -0.05) is 103 Å². The van der Waals surface area contributed by atoms with Crippen molar-refractivity contribution in [2.24, 2.45) is 0 Å². The molecule has 0 amide bonds. The zero-order valence-corrected chi connectivity index (χ0v) is 17.2. The monoisotopic (exact) mass is 408 g/mol. The average Bonchev–Trinajstić information content (AvgIpc) is 3.00. The molecule has 1 aliphatic heterocycles. The van der Waals surface area contributed by atoms with Gasteiger partial charge in [-0.05, 0) is 5.56 Å². The third-order valence-corrected chi connectivity index (χ3v) is 5.34. The van der Waals surface area contributed by atoms with E-state index < -0.39 is 6.29 Å². The Morgan fingerprint density at radius 2 is 1.26 bits per heavy atom. The van der Waals surface area contributed by atoms with E-state index in [1.54, 1.807) is 0 Å². The predicted octanol–water partition coefficient (Wildman–Crippen LogP) is 5.87. The lowest BCUT2D eigenvalue weighted by molar-refractivity contribution is -0.132. The van der Waals surface area contributed by atoms with Crippen molar-refractivity contribution in [2.75, 3.05) is 13.2 Å². The average molecular weight is 409 g/mol. The summed E-state index contributed by atoms with van der Waals surface area (Å²) in [6.45, 7) is 1.69. The Labute approximate surface area is 182 Å². The normalized spacial score (nSPS) is 14.5. The number of nitrogens with zero attached hydrogens (tertiary/aromatic N) is 2. The van der Waals surface area contributed by atoms with Crippen molar-refractivity contribution >= 4 is 0 Å². The molecule has 4 aromatic rings. The zero-order chi connectivity index (χ0) is 20.9. The van der Waals surface area contributed by atoms with Crippen LogP contribution in [0.4, 0.5) is 0 Å². The maximum absolute atomic E-state index is 6.02. The van der Waals surface area contributed by atoms with Crippen molar-refractivity contribution in [1.82, 2.24) is 9.55 Å². The summed E-state index contributed by atoms with van der Waals surface area (Å²) in [4.78, 5) is 5.10. The summed E-state index contributed by atoms with van der Waals surface area (Å²) in [6.07, 6.45) is 3.44. The Balaban J connectivity index is 1.72. The van der Waals surface area contributed by atoms with Gasteiger partial charge in [0.1, 0.15) is 0 Å². The Bertz CT molecular complexity index is 1140. The molecule has 0 unspecified atom stereocenters. The first kappa shape index (κ1) is 19.5. The zero-order valence-electron chi connectivity index (χ0n) is 17.2. The quantitative estimate of drug-likeness (QED) is 0.388. The molecule has 0 atom stereocenters. The highest BCUT2D eigenvalue weighted by molar-refractivity contribution is 5.79. The standard InChI is InChI=1S/C27H24N2O2/c1-4-12-21(13-5-1)20-29-25(23-16-8-3-9-17-23)24(22-14-6-2-7-15-22)28-26(29)27-30-18-10-11-19-31-27/h1-17,27H,18-20H2. The second kappa shape index (κ2) is 9.13. The summed E-state index contributed by atoms with van der Waals surface area (Å²) in [7, 11) is 0. The molecule has 5 rings (SSSR count). The van der Waals surface area contributed by atoms with Crippen LogP contribution in [0.25, 0.3) is 22.5 Å². The Morgan fingerprint density at radius 1 is 0.710 bits per heavy atom. The summed E-state index contributed by atoms with van der Waals surface area (Å²) in [5, 5.41) is 0. The SMILES string of the molecule is C1=CCOC(c2nc(-c3ccccc3)c(-c3ccccc3)n2Cc2ccccc2)OC1. The van der Waals surface area contributed by atoms with Crippen LogP contribution in [0.5, 0.6) is 0 Å². The Morgan fingerprint density at radius 3 is 1.87 bits per heavy atom. The van der Waals surface area contributed by atoms with Crippen LogP contribution in [0.3, 0.4) is 0 Å². The predicted molar refractivity (Wildman–Crippen MR) is 122 cm³/mol. The van der Waals surface area contributed by atoms with Gasteiger partial charge < -0.3 is 14.0 Å². The van der Waals surface area contributed by atoms with Gasteiger partial charge in [-0.25, -0.2) is 4.98 Å². The third-order valence-electron chi connectivity index (χ3n) is 5.34. The molecule has 0 saturated carbocycles. The maximum atomic E-state index is 6.02. The number of aromatic nitrogens is 2. The fraction of sp³-hybridized carbons (Fsp3) is 0.148. The highest BCUT2D eigenvalue weighted by atomic mass is 16.7. The molecular weight excluding hydrogens is 384 g/mol. The largest absolute Gasteiger partial charge is 0.342 e. The van der Waals surface area contributed by atoms with Crippen molar-refractivity contribution in [3.8, 4) is 22.5 Å². The smallest absolute Gasteiger partial charge is 0.218 e. The van der Waals surface area contributed by atoms with Gasteiger partial charge >= 0.3 is 0 Å². The molecule has 0 saturated heterocycles. The summed E-state index contributed by atoms with van der Waals surface area (Å²) in [6, 6.07) is 31.2. The van der Waals surface area contributed by atoms with E-state index in [9.17, 15) is 0 Å². The van der Waals surface area contributed by atoms with Gasteiger partial charge in [-0.2, -0.15) is 0 Å². The van der Waals surface area contributed by atoms with E-state index in [-0.39, 0.29) is 0 Å². The second-order valence-corrected chi connectivity index (χ2v) is 7.44. The van der Waals surface area contributed by atoms with E-state index in [1.807, 2.05) is 42.5 Å². The van der Waals surface area contributed by atoms with Gasteiger partial charge in [0.2, 0.25) is 6.29 Å². The van der Waals surface area contributed by atoms with Crippen molar-refractivity contribution in [3.05, 3.63) is 115 Å². The third kappa shape index (κ3) is 4.22. The van der Waals surface area contributed by atoms with E-state index in [0.717, 1.165) is 28.3 Å². The van der Waals surface area contributed by atoms with Crippen LogP contribution in [-0.4, -0.2) is 22.8 Å². The minimum absolute atomic E-state index is 0.504. The molecule has 0 N–H and O–H groups in total. The Kier molecular flexibility index (Phi) is 5.74. The number of rotatable bonds is 5. The van der Waals surface area contributed by atoms with Gasteiger partial charge in [-0.3, -0.25) is 0 Å². The van der Waals surface area contributed by atoms with Gasteiger partial charge in [0.25, 0.3) is 0 Å². The highest BCUT2D eigenvalue weighted by Gasteiger charge is 2.27. The van der Waals surface area contributed by atoms with Crippen LogP contribution >= 0.6 is 0 Å². The molecule has 1 aromatic heterocycles. The van der Waals surface area contributed by atoms with Crippen molar-refractivity contribution in [3.63, 3.8) is 0 Å². The Hall–Kier alpha value is -3.47. The fourth-order valence-corrected chi connectivity index (χ4v) is 3.88. The first-order chi connectivity index (χ1) is 15.4. The molecule has 154 valence electrons. The molecule has 0 bridgehead atoms. The van der Waals surface area contributed by atoms with Gasteiger partial charge in [-0.15, -0.1) is 0 Å². The first-order valence-corrected chi connectivity index (χ1v) is 10.5. The number of ether oxygens (including phenoxy) is 2. The molecule has 4 nitrogen and oxygen atoms in total. The van der Waals surface area contributed by atoms with Crippen LogP contribution in [-0.2, 0) is 16.0 Å². The summed E-state index contributed by atoms with van der Waals surface area (Å²) < 4.78 is 14.3. The van der Waals surface area contributed by atoms with E-state index in [0.29, 0.717) is 19.8 Å². The summed E-state index contributed by atoms with van der Waals surface area (Å²) >= 11 is 0. The van der Waals surface area contributed by atoms with Crippen LogP contribution < -0.4 is 0 Å². The van der Waals surface area contributed by atoms with Crippen LogP contribution in [0, 0.1) is 0 Å². The minimum Gasteiger partial charge on any atom is -0.342 e. The second-order valence-electron chi connectivity index (χ2n) is 7.44. The lowest BCUT2D eigenvalue weighted by Gasteiger charge is -2.19. The lowest BCUT2D eigenvalue weighted by atomic mass is 10.0. The van der Waals surface area contributed by atoms with E-state index in [4.69, 9.17) is 14.5 Å². The number of hydrogen-bond donors (Lipinski definition) is 0. The van der Waals surface area contributed by atoms with E-state index >= 15 is 0 Å². The van der Waals surface area contributed by atoms with Crippen molar-refractivity contribution in [2.45, 2.75) is 12.8 Å². The van der Waals surface area contributed by atoms with E-state index in [2.05, 4.69) is 65.2 Å². The molecule has 31 heavy (non-hydrogen) atoms. The number of hydrogen-bond acceptors (Lipinski definition) is 3. The molecule has 0 fully saturated rings. The van der Waals surface area contributed by atoms with Gasteiger partial charge in [0, 0.05) is 17.7 Å². The molecule has 1 aliphatic rings. The topological polar surface area (TPSA) is 36.3 Å². The summed E-state index contributed by atoms with van der Waals surface area (Å²) in [5.41, 5.74) is 5.38. The van der Waals surface area contributed by atoms with E-state index in [1.165, 1.54) is 5.56 Å². The molecule has 3 aromatic carbocycles. The van der Waals surface area contributed by atoms with Crippen LogP contribution in [0.1, 0.15) is 17.7 Å². The molecule has 4 heteroatoms. The molecule has 0 aliphatic carbocycles. The van der Waals surface area contributed by atoms with Gasteiger partial charge in [0.15, 0.2) is 5.82 Å². The molecule has 2 heterocycles. The number of imidazole rings is 1. The van der Waals surface area contributed by atoms with Crippen LogP contribution in [0.15, 0.2) is 103 Å². The molecular formula is C27H24N2O2. The first-order valence-electron chi connectivity index (χ1n) is 10.5. The highest BCUT2D eigenvalue weighted by Crippen LogP contribution is 2.36. The molecule has 0 spiro atoms. The molecule has 0 radical (unpaired) electrons. The van der Waals surface area contributed by atoms with Gasteiger partial charge in [0.05, 0.1) is 24.6 Å². The van der Waals surface area contributed by atoms with Crippen molar-refractivity contribution in [1.29, 1.82) is 0 Å². The van der Waals surface area contributed by atoms with Crippen LogP contribution in [0.2, 0.25) is 0 Å². The fourth-order valence-electron chi connectivity index (χ4n) is 3.88. The maximum Gasteiger partial charge on any atom is 0.218 e. The lowest BCUT2D eigenvalue weighted by Crippen LogP contribution is -2.15.